The molecule has 1 unspecified atom stereocenters. The molecule has 0 aliphatic heterocycles. The first kappa shape index (κ1) is 13.5. The number of carboxylic acid groups (broad SMARTS) is 1. The largest absolute Gasteiger partial charge is 0.480 e. The Morgan fingerprint density at radius 1 is 1.31 bits per heavy atom. The third kappa shape index (κ3) is 4.52. The molecule has 3 heteroatoms. The van der Waals surface area contributed by atoms with E-state index in [0.29, 0.717) is 0 Å². The van der Waals surface area contributed by atoms with Crippen LogP contribution in [0.2, 0.25) is 0 Å². The summed E-state index contributed by atoms with van der Waals surface area (Å²) in [6.07, 6.45) is 9.35. The molecule has 0 aromatic rings. The fourth-order valence-electron chi connectivity index (χ4n) is 2.42. The summed E-state index contributed by atoms with van der Waals surface area (Å²) in [5.74, 6) is 0.106. The molecule has 1 fully saturated rings. The number of rotatable bonds is 5. The Hall–Kier alpha value is -0.570. The maximum atomic E-state index is 10.8. The fraction of sp³-hybridized carbons (Fsp3) is 0.923. The number of carbonyl (C=O) groups is 1. The maximum Gasteiger partial charge on any atom is 0.320 e. The van der Waals surface area contributed by atoms with Crippen LogP contribution >= 0.6 is 0 Å². The van der Waals surface area contributed by atoms with Crippen LogP contribution in [0.5, 0.6) is 0 Å². The second-order valence-corrected chi connectivity index (χ2v) is 5.14. The maximum absolute atomic E-state index is 10.8. The zero-order valence-corrected chi connectivity index (χ0v) is 10.6. The van der Waals surface area contributed by atoms with E-state index in [1.807, 2.05) is 11.9 Å². The third-order valence-electron chi connectivity index (χ3n) is 3.88. The van der Waals surface area contributed by atoms with Crippen LogP contribution in [0.1, 0.15) is 51.9 Å². The predicted molar refractivity (Wildman–Crippen MR) is 65.5 cm³/mol. The Kier molecular flexibility index (Phi) is 5.81. The van der Waals surface area contributed by atoms with Gasteiger partial charge in [-0.1, -0.05) is 38.5 Å². The summed E-state index contributed by atoms with van der Waals surface area (Å²) in [7, 11) is 1.91. The Morgan fingerprint density at radius 2 is 1.88 bits per heavy atom. The molecule has 0 aromatic heterocycles. The van der Waals surface area contributed by atoms with Gasteiger partial charge in [0.05, 0.1) is 0 Å². The number of likely N-dealkylation sites (N-methyl/N-ethyl adjacent to an activating group) is 1. The van der Waals surface area contributed by atoms with Crippen molar-refractivity contribution in [3.8, 4) is 0 Å². The number of carboxylic acids is 1. The molecular weight excluding hydrogens is 202 g/mol. The van der Waals surface area contributed by atoms with Crippen molar-refractivity contribution < 1.29 is 9.90 Å². The van der Waals surface area contributed by atoms with Gasteiger partial charge in [-0.25, -0.2) is 0 Å². The molecule has 1 aliphatic carbocycles. The lowest BCUT2D eigenvalue weighted by atomic mass is 9.96. The van der Waals surface area contributed by atoms with Gasteiger partial charge in [0.25, 0.3) is 0 Å². The lowest BCUT2D eigenvalue weighted by Gasteiger charge is -2.23. The van der Waals surface area contributed by atoms with E-state index in [-0.39, 0.29) is 6.04 Å². The van der Waals surface area contributed by atoms with Gasteiger partial charge in [-0.2, -0.15) is 0 Å². The quantitative estimate of drug-likeness (QED) is 0.734. The zero-order valence-electron chi connectivity index (χ0n) is 10.6. The van der Waals surface area contributed by atoms with Crippen LogP contribution in [-0.2, 0) is 4.79 Å². The molecule has 0 spiro atoms. The Balaban J connectivity index is 2.24. The lowest BCUT2D eigenvalue weighted by molar-refractivity contribution is -0.142. The van der Waals surface area contributed by atoms with Crippen molar-refractivity contribution in [3.63, 3.8) is 0 Å². The van der Waals surface area contributed by atoms with E-state index in [9.17, 15) is 4.79 Å². The molecule has 16 heavy (non-hydrogen) atoms. The Bertz CT molecular complexity index is 210. The molecular formula is C13H25NO2. The van der Waals surface area contributed by atoms with Crippen LogP contribution in [0.15, 0.2) is 0 Å². The molecule has 3 nitrogen and oxygen atoms in total. The molecule has 0 heterocycles. The molecule has 0 radical (unpaired) electrons. The number of hydrogen-bond acceptors (Lipinski definition) is 2. The first-order chi connectivity index (χ1) is 7.61. The van der Waals surface area contributed by atoms with Crippen molar-refractivity contribution in [3.05, 3.63) is 0 Å². The standard InChI is InChI=1S/C13H25NO2/c1-11(13(15)16)14(2)10-9-12-7-5-3-4-6-8-12/h11-12H,3-10H2,1-2H3,(H,15,16). The number of hydrogen-bond donors (Lipinski definition) is 1. The molecule has 1 saturated carbocycles. The lowest BCUT2D eigenvalue weighted by Crippen LogP contribution is -2.37. The van der Waals surface area contributed by atoms with Gasteiger partial charge in [-0.05, 0) is 32.9 Å². The second-order valence-electron chi connectivity index (χ2n) is 5.14. The molecule has 1 N–H and O–H groups in total. The number of nitrogens with zero attached hydrogens (tertiary/aromatic N) is 1. The van der Waals surface area contributed by atoms with E-state index in [1.165, 1.54) is 38.5 Å². The van der Waals surface area contributed by atoms with E-state index in [4.69, 9.17) is 5.11 Å². The predicted octanol–water partition coefficient (Wildman–Crippen LogP) is 2.75. The summed E-state index contributed by atoms with van der Waals surface area (Å²) in [5.41, 5.74) is 0. The van der Waals surface area contributed by atoms with Crippen molar-refractivity contribution in [2.45, 2.75) is 57.9 Å². The van der Waals surface area contributed by atoms with Crippen LogP contribution < -0.4 is 0 Å². The number of aliphatic carboxylic acids is 1. The van der Waals surface area contributed by atoms with Crippen LogP contribution in [0, 0.1) is 5.92 Å². The summed E-state index contributed by atoms with van der Waals surface area (Å²) >= 11 is 0. The third-order valence-corrected chi connectivity index (χ3v) is 3.88. The average Bonchev–Trinajstić information content (AvgIpc) is 2.53. The van der Waals surface area contributed by atoms with Crippen molar-refractivity contribution in [2.24, 2.45) is 5.92 Å². The Morgan fingerprint density at radius 3 is 2.38 bits per heavy atom. The van der Waals surface area contributed by atoms with Gasteiger partial charge >= 0.3 is 5.97 Å². The fourth-order valence-corrected chi connectivity index (χ4v) is 2.42. The van der Waals surface area contributed by atoms with Gasteiger partial charge in [0.15, 0.2) is 0 Å². The van der Waals surface area contributed by atoms with Crippen molar-refractivity contribution in [1.82, 2.24) is 4.90 Å². The minimum atomic E-state index is -0.719. The highest BCUT2D eigenvalue weighted by Crippen LogP contribution is 2.25. The van der Waals surface area contributed by atoms with Crippen molar-refractivity contribution >= 4 is 5.97 Å². The molecule has 0 amide bonds. The summed E-state index contributed by atoms with van der Waals surface area (Å²) in [5, 5.41) is 8.89. The SMILES string of the molecule is CC(C(=O)O)N(C)CCC1CCCCCC1. The van der Waals surface area contributed by atoms with Gasteiger partial charge in [-0.15, -0.1) is 0 Å². The molecule has 0 bridgehead atoms. The highest BCUT2D eigenvalue weighted by atomic mass is 16.4. The van der Waals surface area contributed by atoms with E-state index >= 15 is 0 Å². The summed E-state index contributed by atoms with van der Waals surface area (Å²) < 4.78 is 0. The van der Waals surface area contributed by atoms with Gasteiger partial charge < -0.3 is 5.11 Å². The first-order valence-corrected chi connectivity index (χ1v) is 6.54. The van der Waals surface area contributed by atoms with Crippen LogP contribution in [0.4, 0.5) is 0 Å². The zero-order chi connectivity index (χ0) is 12.0. The van der Waals surface area contributed by atoms with Gasteiger partial charge in [-0.3, -0.25) is 9.69 Å². The normalized spacial score (nSPS) is 20.7. The average molecular weight is 227 g/mol. The molecule has 1 atom stereocenters. The van der Waals surface area contributed by atoms with Gasteiger partial charge in [0.2, 0.25) is 0 Å². The summed E-state index contributed by atoms with van der Waals surface area (Å²) in [6.45, 7) is 2.67. The van der Waals surface area contributed by atoms with E-state index < -0.39 is 5.97 Å². The monoisotopic (exact) mass is 227 g/mol. The molecule has 0 aromatic carbocycles. The van der Waals surface area contributed by atoms with E-state index in [0.717, 1.165) is 18.9 Å². The van der Waals surface area contributed by atoms with Crippen molar-refractivity contribution in [2.75, 3.05) is 13.6 Å². The second kappa shape index (κ2) is 6.89. The van der Waals surface area contributed by atoms with E-state index in [1.54, 1.807) is 6.92 Å². The minimum absolute atomic E-state index is 0.356. The van der Waals surface area contributed by atoms with Crippen LogP contribution in [0.25, 0.3) is 0 Å². The topological polar surface area (TPSA) is 40.5 Å². The molecule has 1 rings (SSSR count). The summed E-state index contributed by atoms with van der Waals surface area (Å²) in [6, 6.07) is -0.356. The summed E-state index contributed by atoms with van der Waals surface area (Å²) in [4.78, 5) is 12.8. The van der Waals surface area contributed by atoms with Gasteiger partial charge in [0.1, 0.15) is 6.04 Å². The van der Waals surface area contributed by atoms with Gasteiger partial charge in [0, 0.05) is 0 Å². The van der Waals surface area contributed by atoms with Crippen LogP contribution in [0.3, 0.4) is 0 Å². The highest BCUT2D eigenvalue weighted by Gasteiger charge is 2.18. The molecule has 0 saturated heterocycles. The van der Waals surface area contributed by atoms with Crippen LogP contribution in [-0.4, -0.2) is 35.6 Å². The first-order valence-electron chi connectivity index (χ1n) is 6.54. The Labute approximate surface area is 98.8 Å². The highest BCUT2D eigenvalue weighted by molar-refractivity contribution is 5.72. The van der Waals surface area contributed by atoms with Crippen molar-refractivity contribution in [1.29, 1.82) is 0 Å². The van der Waals surface area contributed by atoms with E-state index in [2.05, 4.69) is 0 Å². The molecule has 94 valence electrons. The smallest absolute Gasteiger partial charge is 0.320 e. The minimum Gasteiger partial charge on any atom is -0.480 e. The molecule has 1 aliphatic rings.